The van der Waals surface area contributed by atoms with E-state index in [0.717, 1.165) is 18.2 Å². The summed E-state index contributed by atoms with van der Waals surface area (Å²) in [5.74, 6) is -1.65. The Bertz CT molecular complexity index is 555. The quantitative estimate of drug-likeness (QED) is 0.859. The molecule has 0 radical (unpaired) electrons. The first-order valence-electron chi connectivity index (χ1n) is 7.40. The van der Waals surface area contributed by atoms with Crippen LogP contribution in [-0.4, -0.2) is 47.8 Å². The molecule has 0 spiro atoms. The highest BCUT2D eigenvalue weighted by Crippen LogP contribution is 2.14. The molecule has 0 aromatic heterocycles. The summed E-state index contributed by atoms with van der Waals surface area (Å²) >= 11 is 0. The molecule has 1 aromatic rings. The predicted octanol–water partition coefficient (Wildman–Crippen LogP) is 2.30. The normalized spacial score (nSPS) is 16.1. The number of hydrogen-bond acceptors (Lipinski definition) is 2. The highest BCUT2D eigenvalue weighted by atomic mass is 19.1. The summed E-state index contributed by atoms with van der Waals surface area (Å²) < 4.78 is 26.5. The van der Waals surface area contributed by atoms with E-state index in [0.29, 0.717) is 25.6 Å². The molecule has 1 heterocycles. The lowest BCUT2D eigenvalue weighted by Gasteiger charge is -2.23. The Morgan fingerprint density at radius 3 is 2.36 bits per heavy atom. The lowest BCUT2D eigenvalue weighted by atomic mass is 10.2. The van der Waals surface area contributed by atoms with Crippen LogP contribution in [0.5, 0.6) is 0 Å². The molecular formula is C16H20F2N2O2. The van der Waals surface area contributed by atoms with Crippen LogP contribution in [0.15, 0.2) is 18.2 Å². The van der Waals surface area contributed by atoms with Crippen molar-refractivity contribution in [2.24, 2.45) is 5.92 Å². The average Bonchev–Trinajstić information content (AvgIpc) is 2.60. The molecule has 120 valence electrons. The first-order valence-corrected chi connectivity index (χ1v) is 7.40. The van der Waals surface area contributed by atoms with Crippen LogP contribution in [0, 0.1) is 17.6 Å². The second-order valence-corrected chi connectivity index (χ2v) is 5.93. The molecule has 1 saturated heterocycles. The van der Waals surface area contributed by atoms with E-state index in [9.17, 15) is 18.4 Å². The van der Waals surface area contributed by atoms with Gasteiger partial charge in [0, 0.05) is 44.2 Å². The number of carbonyl (C=O) groups is 2. The van der Waals surface area contributed by atoms with Crippen molar-refractivity contribution in [3.63, 3.8) is 0 Å². The van der Waals surface area contributed by atoms with Crippen LogP contribution in [0.3, 0.4) is 0 Å². The molecule has 22 heavy (non-hydrogen) atoms. The Balaban J connectivity index is 2.09. The topological polar surface area (TPSA) is 40.6 Å². The predicted molar refractivity (Wildman–Crippen MR) is 78.3 cm³/mol. The van der Waals surface area contributed by atoms with E-state index in [2.05, 4.69) is 0 Å². The zero-order valence-electron chi connectivity index (χ0n) is 12.8. The summed E-state index contributed by atoms with van der Waals surface area (Å²) in [5.41, 5.74) is -0.0257. The second kappa shape index (κ2) is 6.85. The molecular weight excluding hydrogens is 290 g/mol. The molecule has 1 fully saturated rings. The summed E-state index contributed by atoms with van der Waals surface area (Å²) in [6, 6.07) is 2.77. The summed E-state index contributed by atoms with van der Waals surface area (Å²) in [7, 11) is 0. The van der Waals surface area contributed by atoms with Gasteiger partial charge in [0.15, 0.2) is 0 Å². The van der Waals surface area contributed by atoms with Gasteiger partial charge in [-0.15, -0.1) is 0 Å². The van der Waals surface area contributed by atoms with Crippen molar-refractivity contribution < 1.29 is 18.4 Å². The van der Waals surface area contributed by atoms with E-state index in [1.807, 2.05) is 13.8 Å². The molecule has 0 unspecified atom stereocenters. The number of benzene rings is 1. The van der Waals surface area contributed by atoms with Crippen molar-refractivity contribution in [3.8, 4) is 0 Å². The standard InChI is InChI=1S/C16H20F2N2O2/c1-11(2)10-20-6-5-19(4-3-15(20)21)16(22)12-7-13(17)9-14(18)8-12/h7-9,11H,3-6,10H2,1-2H3. The minimum absolute atomic E-state index is 0.00872. The monoisotopic (exact) mass is 310 g/mol. The van der Waals surface area contributed by atoms with Crippen LogP contribution < -0.4 is 0 Å². The number of hydrogen-bond donors (Lipinski definition) is 0. The fourth-order valence-corrected chi connectivity index (χ4v) is 2.56. The minimum atomic E-state index is -0.782. The second-order valence-electron chi connectivity index (χ2n) is 5.93. The van der Waals surface area contributed by atoms with Gasteiger partial charge in [-0.1, -0.05) is 13.8 Å². The molecule has 0 atom stereocenters. The molecule has 1 aliphatic rings. The molecule has 2 rings (SSSR count). The Morgan fingerprint density at radius 2 is 1.77 bits per heavy atom. The van der Waals surface area contributed by atoms with Gasteiger partial charge in [-0.05, 0) is 18.1 Å². The van der Waals surface area contributed by atoms with E-state index < -0.39 is 17.5 Å². The van der Waals surface area contributed by atoms with Gasteiger partial charge in [0.25, 0.3) is 5.91 Å². The first kappa shape index (κ1) is 16.4. The summed E-state index contributed by atoms with van der Waals surface area (Å²) in [4.78, 5) is 27.6. The van der Waals surface area contributed by atoms with E-state index in [4.69, 9.17) is 0 Å². The average molecular weight is 310 g/mol. The Kier molecular flexibility index (Phi) is 5.11. The highest BCUT2D eigenvalue weighted by Gasteiger charge is 2.25. The van der Waals surface area contributed by atoms with E-state index >= 15 is 0 Å². The van der Waals surface area contributed by atoms with Gasteiger partial charge in [0.05, 0.1) is 0 Å². The fourth-order valence-electron chi connectivity index (χ4n) is 2.56. The summed E-state index contributed by atoms with van der Waals surface area (Å²) in [6.07, 6.45) is 0.232. The van der Waals surface area contributed by atoms with Crippen LogP contribution in [-0.2, 0) is 4.79 Å². The van der Waals surface area contributed by atoms with Gasteiger partial charge >= 0.3 is 0 Å². The molecule has 0 bridgehead atoms. The lowest BCUT2D eigenvalue weighted by Crippen LogP contribution is -2.37. The van der Waals surface area contributed by atoms with Crippen molar-refractivity contribution in [1.29, 1.82) is 0 Å². The van der Waals surface area contributed by atoms with Crippen LogP contribution in [0.25, 0.3) is 0 Å². The van der Waals surface area contributed by atoms with Crippen LogP contribution in [0.2, 0.25) is 0 Å². The molecule has 1 aliphatic heterocycles. The number of halogens is 2. The highest BCUT2D eigenvalue weighted by molar-refractivity contribution is 5.94. The first-order chi connectivity index (χ1) is 10.4. The largest absolute Gasteiger partial charge is 0.341 e. The molecule has 0 N–H and O–H groups in total. The number of nitrogens with zero attached hydrogens (tertiary/aromatic N) is 2. The number of carbonyl (C=O) groups excluding carboxylic acids is 2. The lowest BCUT2D eigenvalue weighted by molar-refractivity contribution is -0.130. The molecule has 0 aliphatic carbocycles. The minimum Gasteiger partial charge on any atom is -0.341 e. The van der Waals surface area contributed by atoms with Crippen molar-refractivity contribution in [1.82, 2.24) is 9.80 Å². The maximum Gasteiger partial charge on any atom is 0.254 e. The Morgan fingerprint density at radius 1 is 1.14 bits per heavy atom. The van der Waals surface area contributed by atoms with E-state index in [1.165, 1.54) is 4.90 Å². The van der Waals surface area contributed by atoms with Crippen molar-refractivity contribution in [2.75, 3.05) is 26.2 Å². The molecule has 4 nitrogen and oxygen atoms in total. The van der Waals surface area contributed by atoms with E-state index in [-0.39, 0.29) is 24.4 Å². The van der Waals surface area contributed by atoms with Gasteiger partial charge in [-0.3, -0.25) is 9.59 Å². The van der Waals surface area contributed by atoms with Crippen molar-refractivity contribution in [2.45, 2.75) is 20.3 Å². The van der Waals surface area contributed by atoms with Gasteiger partial charge in [-0.25, -0.2) is 8.78 Å². The van der Waals surface area contributed by atoms with Crippen LogP contribution in [0.4, 0.5) is 8.78 Å². The number of rotatable bonds is 3. The van der Waals surface area contributed by atoms with Crippen LogP contribution >= 0.6 is 0 Å². The zero-order chi connectivity index (χ0) is 16.3. The van der Waals surface area contributed by atoms with Gasteiger partial charge in [-0.2, -0.15) is 0 Å². The third-order valence-corrected chi connectivity index (χ3v) is 3.57. The van der Waals surface area contributed by atoms with Gasteiger partial charge < -0.3 is 9.80 Å². The third-order valence-electron chi connectivity index (χ3n) is 3.57. The third kappa shape index (κ3) is 4.02. The smallest absolute Gasteiger partial charge is 0.254 e. The molecule has 0 saturated carbocycles. The number of amides is 2. The van der Waals surface area contributed by atoms with Crippen molar-refractivity contribution >= 4 is 11.8 Å². The van der Waals surface area contributed by atoms with Crippen LogP contribution in [0.1, 0.15) is 30.6 Å². The Hall–Kier alpha value is -1.98. The molecule has 1 aromatic carbocycles. The molecule has 6 heteroatoms. The fraction of sp³-hybridized carbons (Fsp3) is 0.500. The summed E-state index contributed by atoms with van der Waals surface area (Å²) in [6.45, 7) is 5.78. The zero-order valence-corrected chi connectivity index (χ0v) is 12.8. The van der Waals surface area contributed by atoms with Gasteiger partial charge in [0.2, 0.25) is 5.91 Å². The maximum absolute atomic E-state index is 13.2. The van der Waals surface area contributed by atoms with Gasteiger partial charge in [0.1, 0.15) is 11.6 Å². The maximum atomic E-state index is 13.2. The Labute approximate surface area is 128 Å². The van der Waals surface area contributed by atoms with E-state index in [1.54, 1.807) is 4.90 Å². The molecule has 2 amide bonds. The summed E-state index contributed by atoms with van der Waals surface area (Å²) in [5, 5.41) is 0. The van der Waals surface area contributed by atoms with Crippen molar-refractivity contribution in [3.05, 3.63) is 35.4 Å². The SMILES string of the molecule is CC(C)CN1CCN(C(=O)c2cc(F)cc(F)c2)CCC1=O.